The van der Waals surface area contributed by atoms with E-state index in [1.807, 2.05) is 32.0 Å². The molecule has 1 atom stereocenters. The molecule has 8 nitrogen and oxygen atoms in total. The summed E-state index contributed by atoms with van der Waals surface area (Å²) in [5, 5.41) is 5.91. The highest BCUT2D eigenvalue weighted by Gasteiger charge is 2.33. The Kier molecular flexibility index (Phi) is 8.18. The van der Waals surface area contributed by atoms with Gasteiger partial charge < -0.3 is 20.3 Å². The van der Waals surface area contributed by atoms with E-state index in [0.717, 1.165) is 44.5 Å². The number of thiophene rings is 1. The molecule has 0 spiro atoms. The van der Waals surface area contributed by atoms with Crippen LogP contribution >= 0.6 is 22.9 Å². The molecule has 3 heterocycles. The second-order valence-corrected chi connectivity index (χ2v) is 10.5. The number of ether oxygens (including phenoxy) is 1. The quantitative estimate of drug-likeness (QED) is 0.480. The van der Waals surface area contributed by atoms with Crippen LogP contribution in [0.5, 0.6) is 0 Å². The predicted molar refractivity (Wildman–Crippen MR) is 140 cm³/mol. The number of halogens is 1. The van der Waals surface area contributed by atoms with Crippen LogP contribution in [0.3, 0.4) is 0 Å². The van der Waals surface area contributed by atoms with E-state index in [-0.39, 0.29) is 24.3 Å². The Morgan fingerprint density at radius 2 is 1.91 bits per heavy atom. The van der Waals surface area contributed by atoms with Crippen LogP contribution in [0.2, 0.25) is 4.34 Å². The fourth-order valence-electron chi connectivity index (χ4n) is 4.49. The molecule has 1 aromatic carbocycles. The van der Waals surface area contributed by atoms with Crippen molar-refractivity contribution in [3.05, 3.63) is 39.5 Å². The summed E-state index contributed by atoms with van der Waals surface area (Å²) in [6.45, 7) is 6.40. The van der Waals surface area contributed by atoms with E-state index < -0.39 is 12.2 Å². The number of nitrogens with one attached hydrogen (secondary N) is 2. The lowest BCUT2D eigenvalue weighted by atomic mass is 10.0. The molecular weight excluding hydrogens is 488 g/mol. The van der Waals surface area contributed by atoms with E-state index in [9.17, 15) is 14.4 Å². The lowest BCUT2D eigenvalue weighted by Crippen LogP contribution is -2.34. The highest BCUT2D eigenvalue weighted by Crippen LogP contribution is 2.35. The Hall–Kier alpha value is -2.78. The minimum atomic E-state index is -0.484. The van der Waals surface area contributed by atoms with Gasteiger partial charge in [0.15, 0.2) is 0 Å². The van der Waals surface area contributed by atoms with Crippen molar-refractivity contribution in [1.82, 2.24) is 5.32 Å². The van der Waals surface area contributed by atoms with Gasteiger partial charge in [-0.05, 0) is 56.0 Å². The van der Waals surface area contributed by atoms with Gasteiger partial charge in [0, 0.05) is 24.7 Å². The van der Waals surface area contributed by atoms with Gasteiger partial charge in [-0.3, -0.25) is 14.5 Å². The molecule has 0 saturated carbocycles. The zero-order valence-electron chi connectivity index (χ0n) is 20.0. The van der Waals surface area contributed by atoms with Crippen molar-refractivity contribution in [3.8, 4) is 0 Å². The van der Waals surface area contributed by atoms with Gasteiger partial charge in [-0.2, -0.15) is 0 Å². The molecule has 35 heavy (non-hydrogen) atoms. The van der Waals surface area contributed by atoms with E-state index >= 15 is 0 Å². The van der Waals surface area contributed by atoms with Crippen molar-refractivity contribution in [2.75, 3.05) is 41.3 Å². The smallest absolute Gasteiger partial charge is 0.414 e. The first-order valence-corrected chi connectivity index (χ1v) is 13.3. The van der Waals surface area contributed by atoms with Crippen molar-refractivity contribution >= 4 is 57.9 Å². The highest BCUT2D eigenvalue weighted by atomic mass is 35.5. The fraction of sp³-hybridized carbons (Fsp3) is 0.480. The average molecular weight is 519 g/mol. The minimum absolute atomic E-state index is 0.00846. The Morgan fingerprint density at radius 1 is 1.17 bits per heavy atom. The summed E-state index contributed by atoms with van der Waals surface area (Å²) in [4.78, 5) is 42.2. The van der Waals surface area contributed by atoms with E-state index in [1.165, 1.54) is 11.3 Å². The second-order valence-electron chi connectivity index (χ2n) is 8.83. The summed E-state index contributed by atoms with van der Waals surface area (Å²) >= 11 is 7.10. The van der Waals surface area contributed by atoms with Gasteiger partial charge in [-0.15, -0.1) is 11.3 Å². The van der Waals surface area contributed by atoms with Gasteiger partial charge in [0.2, 0.25) is 5.91 Å². The Morgan fingerprint density at radius 3 is 2.57 bits per heavy atom. The van der Waals surface area contributed by atoms with Gasteiger partial charge in [-0.25, -0.2) is 4.79 Å². The molecule has 2 aromatic rings. The molecule has 0 unspecified atom stereocenters. The first-order chi connectivity index (χ1) is 16.9. The van der Waals surface area contributed by atoms with Crippen LogP contribution in [-0.4, -0.2) is 50.2 Å². The molecule has 188 valence electrons. The van der Waals surface area contributed by atoms with E-state index in [2.05, 4.69) is 15.5 Å². The van der Waals surface area contributed by atoms with Crippen molar-refractivity contribution < 1.29 is 19.1 Å². The molecule has 1 aromatic heterocycles. The van der Waals surface area contributed by atoms with Gasteiger partial charge in [0.25, 0.3) is 5.91 Å². The van der Waals surface area contributed by atoms with Crippen molar-refractivity contribution in [1.29, 1.82) is 0 Å². The van der Waals surface area contributed by atoms with Crippen LogP contribution in [-0.2, 0) is 9.53 Å². The van der Waals surface area contributed by atoms with E-state index in [4.69, 9.17) is 16.3 Å². The third-order valence-corrected chi connectivity index (χ3v) is 7.74. The third-order valence-electron chi connectivity index (χ3n) is 6.51. The minimum Gasteiger partial charge on any atom is -0.442 e. The standard InChI is InChI=1S/C25H31ClN4O4S/c1-3-16(4-2)23(31)28-19-13-17(7-8-20(19)29-11-5-6-12-29)30-15-18(34-25(30)33)14-27-24(32)21-9-10-22(26)35-21/h7-10,13,16,18H,3-6,11-12,14-15H2,1-2H3,(H,27,32)(H,28,31)/t18-/m1/s1. The number of carbonyl (C=O) groups excluding carboxylic acids is 3. The van der Waals surface area contributed by atoms with Gasteiger partial charge in [0.05, 0.1) is 33.7 Å². The topological polar surface area (TPSA) is 91.0 Å². The molecule has 3 amide bonds. The normalized spacial score (nSPS) is 17.7. The molecule has 4 rings (SSSR count). The summed E-state index contributed by atoms with van der Waals surface area (Å²) in [7, 11) is 0. The zero-order valence-corrected chi connectivity index (χ0v) is 21.6. The first-order valence-electron chi connectivity index (χ1n) is 12.1. The largest absolute Gasteiger partial charge is 0.442 e. The maximum Gasteiger partial charge on any atom is 0.414 e. The van der Waals surface area contributed by atoms with Gasteiger partial charge >= 0.3 is 6.09 Å². The van der Waals surface area contributed by atoms with Crippen molar-refractivity contribution in [3.63, 3.8) is 0 Å². The Balaban J connectivity index is 1.47. The van der Waals surface area contributed by atoms with Crippen LogP contribution in [0.4, 0.5) is 21.9 Å². The van der Waals surface area contributed by atoms with E-state index in [0.29, 0.717) is 27.1 Å². The van der Waals surface area contributed by atoms with Gasteiger partial charge in [0.1, 0.15) is 6.10 Å². The summed E-state index contributed by atoms with van der Waals surface area (Å²) in [6.07, 6.45) is 2.81. The fourth-order valence-corrected chi connectivity index (χ4v) is 5.45. The van der Waals surface area contributed by atoms with E-state index in [1.54, 1.807) is 17.0 Å². The summed E-state index contributed by atoms with van der Waals surface area (Å²) < 4.78 is 6.04. The highest BCUT2D eigenvalue weighted by molar-refractivity contribution is 7.18. The predicted octanol–water partition coefficient (Wildman–Crippen LogP) is 5.13. The maximum absolute atomic E-state index is 12.9. The number of benzene rings is 1. The third kappa shape index (κ3) is 5.90. The van der Waals surface area contributed by atoms with Crippen LogP contribution in [0.1, 0.15) is 49.2 Å². The maximum atomic E-state index is 12.9. The lowest BCUT2D eigenvalue weighted by molar-refractivity contribution is -0.120. The molecule has 2 fully saturated rings. The van der Waals surface area contributed by atoms with Crippen LogP contribution < -0.4 is 20.4 Å². The van der Waals surface area contributed by atoms with Crippen molar-refractivity contribution in [2.45, 2.75) is 45.6 Å². The SMILES string of the molecule is CCC(CC)C(=O)Nc1cc(N2C[C@@H](CNC(=O)c3ccc(Cl)s3)OC2=O)ccc1N1CCCC1. The first kappa shape index (κ1) is 25.3. The van der Waals surface area contributed by atoms with Crippen LogP contribution in [0, 0.1) is 5.92 Å². The number of cyclic esters (lactones) is 1. The number of amides is 3. The molecule has 2 N–H and O–H groups in total. The summed E-state index contributed by atoms with van der Waals surface area (Å²) in [5.41, 5.74) is 2.33. The number of nitrogens with zero attached hydrogens (tertiary/aromatic N) is 2. The molecule has 2 aliphatic rings. The number of carbonyl (C=O) groups is 3. The average Bonchev–Trinajstić information content (AvgIpc) is 3.60. The molecule has 0 aliphatic carbocycles. The molecule has 0 radical (unpaired) electrons. The summed E-state index contributed by atoms with van der Waals surface area (Å²) in [5.74, 6) is -0.323. The lowest BCUT2D eigenvalue weighted by Gasteiger charge is -2.24. The number of rotatable bonds is 9. The monoisotopic (exact) mass is 518 g/mol. The molecule has 2 saturated heterocycles. The molecule has 10 heteroatoms. The second kappa shape index (κ2) is 11.3. The van der Waals surface area contributed by atoms with Gasteiger partial charge in [-0.1, -0.05) is 25.4 Å². The number of hydrogen-bond acceptors (Lipinski definition) is 6. The number of anilines is 3. The Labute approximate surface area is 214 Å². The molecule has 2 aliphatic heterocycles. The van der Waals surface area contributed by atoms with Crippen LogP contribution in [0.25, 0.3) is 0 Å². The van der Waals surface area contributed by atoms with Crippen LogP contribution in [0.15, 0.2) is 30.3 Å². The zero-order chi connectivity index (χ0) is 24.9. The van der Waals surface area contributed by atoms with Crippen molar-refractivity contribution in [2.24, 2.45) is 5.92 Å². The molecular formula is C25H31ClN4O4S. The Bertz CT molecular complexity index is 1080. The number of hydrogen-bond donors (Lipinski definition) is 2. The summed E-state index contributed by atoms with van der Waals surface area (Å²) in [6, 6.07) is 9.03. The molecule has 0 bridgehead atoms.